The minimum atomic E-state index is -0.504. The number of ether oxygens (including phenoxy) is 3. The predicted molar refractivity (Wildman–Crippen MR) is 114 cm³/mol. The Bertz CT molecular complexity index is 1120. The second kappa shape index (κ2) is 8.59. The molecule has 2 heterocycles. The summed E-state index contributed by atoms with van der Waals surface area (Å²) in [6.07, 6.45) is 1.01. The number of carbonyl (C=O) groups is 1. The van der Waals surface area contributed by atoms with Crippen LogP contribution in [0.15, 0.2) is 53.3 Å². The molecule has 1 aliphatic rings. The van der Waals surface area contributed by atoms with E-state index in [0.29, 0.717) is 41.3 Å². The molecular formula is C23H24N2O5. The first-order valence-corrected chi connectivity index (χ1v) is 9.86. The number of rotatable bonds is 6. The lowest BCUT2D eigenvalue weighted by Crippen LogP contribution is -2.39. The van der Waals surface area contributed by atoms with Crippen molar-refractivity contribution in [2.75, 3.05) is 25.7 Å². The molecule has 0 spiro atoms. The summed E-state index contributed by atoms with van der Waals surface area (Å²) in [6.45, 7) is 0.688. The van der Waals surface area contributed by atoms with Crippen molar-refractivity contribution in [3.05, 3.63) is 64.4 Å². The Morgan fingerprint density at radius 2 is 1.93 bits per heavy atom. The van der Waals surface area contributed by atoms with Crippen molar-refractivity contribution >= 4 is 22.5 Å². The van der Waals surface area contributed by atoms with E-state index in [1.165, 1.54) is 0 Å². The summed E-state index contributed by atoms with van der Waals surface area (Å²) in [7, 11) is 3.17. The van der Waals surface area contributed by atoms with Crippen molar-refractivity contribution < 1.29 is 19.0 Å². The number of fused-ring (bicyclic) bond motifs is 1. The Labute approximate surface area is 174 Å². The van der Waals surface area contributed by atoms with Gasteiger partial charge in [0.15, 0.2) is 0 Å². The highest BCUT2D eigenvalue weighted by Gasteiger charge is 2.30. The summed E-state index contributed by atoms with van der Waals surface area (Å²) in [6, 6.07) is 14.5. The smallest absolute Gasteiger partial charge is 0.256 e. The van der Waals surface area contributed by atoms with Crippen LogP contribution in [0, 0.1) is 0 Å². The molecule has 1 aliphatic heterocycles. The van der Waals surface area contributed by atoms with E-state index in [9.17, 15) is 9.59 Å². The van der Waals surface area contributed by atoms with Gasteiger partial charge >= 0.3 is 0 Å². The van der Waals surface area contributed by atoms with Gasteiger partial charge in [-0.25, -0.2) is 0 Å². The van der Waals surface area contributed by atoms with Crippen molar-refractivity contribution in [1.29, 1.82) is 0 Å². The Morgan fingerprint density at radius 3 is 2.67 bits per heavy atom. The van der Waals surface area contributed by atoms with Crippen LogP contribution >= 0.6 is 0 Å². The SMILES string of the molecule is COc1cccc(N(Cc2cc3cc(OC)ccc3[nH]c2=O)C(=O)[C@@H]2CCCO2)c1. The topological polar surface area (TPSA) is 80.9 Å². The van der Waals surface area contributed by atoms with Crippen molar-refractivity contribution in [2.45, 2.75) is 25.5 Å². The fourth-order valence-electron chi connectivity index (χ4n) is 3.67. The average Bonchev–Trinajstić information content (AvgIpc) is 3.32. The Hall–Kier alpha value is -3.32. The fraction of sp³-hybridized carbons (Fsp3) is 0.304. The maximum absolute atomic E-state index is 13.3. The molecule has 30 heavy (non-hydrogen) atoms. The monoisotopic (exact) mass is 408 g/mol. The number of H-pyrrole nitrogens is 1. The molecule has 1 saturated heterocycles. The van der Waals surface area contributed by atoms with Gasteiger partial charge in [-0.05, 0) is 49.2 Å². The second-order valence-electron chi connectivity index (χ2n) is 7.20. The van der Waals surface area contributed by atoms with Crippen LogP contribution in [0.25, 0.3) is 10.9 Å². The standard InChI is InChI=1S/C23H24N2O5/c1-28-18-6-3-5-17(13-18)25(23(27)21-7-4-10-30-21)14-16-11-15-12-19(29-2)8-9-20(15)24-22(16)26/h3,5-6,8-9,11-13,21H,4,7,10,14H2,1-2H3,(H,24,26)/t21-/m0/s1. The average molecular weight is 408 g/mol. The molecule has 0 aliphatic carbocycles. The molecule has 0 saturated carbocycles. The minimum Gasteiger partial charge on any atom is -0.497 e. The first-order chi connectivity index (χ1) is 14.6. The zero-order valence-electron chi connectivity index (χ0n) is 17.0. The van der Waals surface area contributed by atoms with Gasteiger partial charge in [0, 0.05) is 34.8 Å². The quantitative estimate of drug-likeness (QED) is 0.677. The number of nitrogens with zero attached hydrogens (tertiary/aromatic N) is 1. The number of nitrogens with one attached hydrogen (secondary N) is 1. The van der Waals surface area contributed by atoms with Crippen LogP contribution in [0.4, 0.5) is 5.69 Å². The third kappa shape index (κ3) is 4.02. The Balaban J connectivity index is 1.74. The van der Waals surface area contributed by atoms with Gasteiger partial charge in [-0.3, -0.25) is 9.59 Å². The predicted octanol–water partition coefficient (Wildman–Crippen LogP) is 3.26. The van der Waals surface area contributed by atoms with Gasteiger partial charge in [-0.2, -0.15) is 0 Å². The maximum atomic E-state index is 13.3. The van der Waals surface area contributed by atoms with E-state index < -0.39 is 6.10 Å². The molecule has 1 amide bonds. The number of hydrogen-bond donors (Lipinski definition) is 1. The van der Waals surface area contributed by atoms with Crippen LogP contribution in [0.1, 0.15) is 18.4 Å². The van der Waals surface area contributed by atoms with Gasteiger partial charge in [0.25, 0.3) is 11.5 Å². The molecule has 7 heteroatoms. The Kier molecular flexibility index (Phi) is 5.72. The van der Waals surface area contributed by atoms with Crippen molar-refractivity contribution in [3.63, 3.8) is 0 Å². The second-order valence-corrected chi connectivity index (χ2v) is 7.20. The molecule has 1 atom stereocenters. The Morgan fingerprint density at radius 1 is 1.13 bits per heavy atom. The van der Waals surface area contributed by atoms with E-state index >= 15 is 0 Å². The molecule has 156 valence electrons. The number of methoxy groups -OCH3 is 2. The van der Waals surface area contributed by atoms with E-state index in [2.05, 4.69) is 4.98 Å². The molecule has 1 fully saturated rings. The lowest BCUT2D eigenvalue weighted by Gasteiger charge is -2.25. The van der Waals surface area contributed by atoms with E-state index in [1.807, 2.05) is 24.3 Å². The number of amides is 1. The van der Waals surface area contributed by atoms with Crippen molar-refractivity contribution in [1.82, 2.24) is 4.98 Å². The molecule has 2 aromatic carbocycles. The van der Waals surface area contributed by atoms with Gasteiger partial charge in [0.1, 0.15) is 17.6 Å². The summed E-state index contributed by atoms with van der Waals surface area (Å²) in [5, 5.41) is 0.833. The summed E-state index contributed by atoms with van der Waals surface area (Å²) >= 11 is 0. The molecule has 3 aromatic rings. The van der Waals surface area contributed by atoms with Crippen LogP contribution in [0.5, 0.6) is 11.5 Å². The first-order valence-electron chi connectivity index (χ1n) is 9.86. The molecule has 1 N–H and O–H groups in total. The molecule has 0 radical (unpaired) electrons. The fourth-order valence-corrected chi connectivity index (χ4v) is 3.67. The van der Waals surface area contributed by atoms with Gasteiger partial charge in [-0.1, -0.05) is 6.07 Å². The highest BCUT2D eigenvalue weighted by molar-refractivity contribution is 5.97. The summed E-state index contributed by atoms with van der Waals surface area (Å²) < 4.78 is 16.2. The molecule has 7 nitrogen and oxygen atoms in total. The number of hydrogen-bond acceptors (Lipinski definition) is 5. The van der Waals surface area contributed by atoms with Crippen LogP contribution in [-0.4, -0.2) is 37.8 Å². The lowest BCUT2D eigenvalue weighted by atomic mass is 10.1. The zero-order chi connectivity index (χ0) is 21.1. The number of aromatic amines is 1. The number of aromatic nitrogens is 1. The summed E-state index contributed by atoms with van der Waals surface area (Å²) in [5.74, 6) is 1.17. The van der Waals surface area contributed by atoms with Crippen LogP contribution in [0.2, 0.25) is 0 Å². The summed E-state index contributed by atoms with van der Waals surface area (Å²) in [4.78, 5) is 30.5. The molecule has 4 rings (SSSR count). The van der Waals surface area contributed by atoms with Gasteiger partial charge in [-0.15, -0.1) is 0 Å². The van der Waals surface area contributed by atoms with Crippen molar-refractivity contribution in [2.24, 2.45) is 0 Å². The number of benzene rings is 2. The van der Waals surface area contributed by atoms with E-state index in [1.54, 1.807) is 43.4 Å². The van der Waals surface area contributed by atoms with Gasteiger partial charge in [0.05, 0.1) is 20.8 Å². The highest BCUT2D eigenvalue weighted by atomic mass is 16.5. The van der Waals surface area contributed by atoms with Crippen LogP contribution in [0.3, 0.4) is 0 Å². The number of carbonyl (C=O) groups excluding carboxylic acids is 1. The first kappa shape index (κ1) is 20.0. The molecule has 0 bridgehead atoms. The van der Waals surface area contributed by atoms with Crippen LogP contribution < -0.4 is 19.9 Å². The zero-order valence-corrected chi connectivity index (χ0v) is 17.0. The maximum Gasteiger partial charge on any atom is 0.256 e. The minimum absolute atomic E-state index is 0.119. The van der Waals surface area contributed by atoms with E-state index in [-0.39, 0.29) is 18.0 Å². The number of anilines is 1. The molecule has 1 aromatic heterocycles. The normalized spacial score (nSPS) is 15.9. The van der Waals surface area contributed by atoms with Crippen molar-refractivity contribution in [3.8, 4) is 11.5 Å². The van der Waals surface area contributed by atoms with Gasteiger partial charge in [0.2, 0.25) is 0 Å². The third-order valence-electron chi connectivity index (χ3n) is 5.29. The summed E-state index contributed by atoms with van der Waals surface area (Å²) in [5.41, 5.74) is 1.61. The largest absolute Gasteiger partial charge is 0.497 e. The third-order valence-corrected chi connectivity index (χ3v) is 5.29. The van der Waals surface area contributed by atoms with E-state index in [4.69, 9.17) is 14.2 Å². The highest BCUT2D eigenvalue weighted by Crippen LogP contribution is 2.26. The van der Waals surface area contributed by atoms with Gasteiger partial charge < -0.3 is 24.1 Å². The van der Waals surface area contributed by atoms with E-state index in [0.717, 1.165) is 11.8 Å². The lowest BCUT2D eigenvalue weighted by molar-refractivity contribution is -0.127. The van der Waals surface area contributed by atoms with Crippen LogP contribution in [-0.2, 0) is 16.1 Å². The molecule has 0 unspecified atom stereocenters. The molecular weight excluding hydrogens is 384 g/mol. The number of pyridine rings is 1.